The van der Waals surface area contributed by atoms with Crippen LogP contribution in [0.15, 0.2) is 91.4 Å². The van der Waals surface area contributed by atoms with Gasteiger partial charge in [0.25, 0.3) is 5.91 Å². The van der Waals surface area contributed by atoms with Crippen LogP contribution in [0.25, 0.3) is 22.4 Å². The standard InChI is InChI=1S/C24H18FN3O/c25-22-10-8-19(9-11-22)18-4-6-20(7-5-18)24(29)28-15-17-3-12-23(27-14-17)21-2-1-13-26-16-21/h1-14,16H,15H2,(H,28,29). The molecule has 0 spiro atoms. The molecule has 0 radical (unpaired) electrons. The third-order valence-corrected chi connectivity index (χ3v) is 4.56. The van der Waals surface area contributed by atoms with Crippen LogP contribution >= 0.6 is 0 Å². The monoisotopic (exact) mass is 383 g/mol. The van der Waals surface area contributed by atoms with Crippen molar-refractivity contribution in [1.29, 1.82) is 0 Å². The average Bonchev–Trinajstić information content (AvgIpc) is 2.79. The summed E-state index contributed by atoms with van der Waals surface area (Å²) in [6.07, 6.45) is 5.24. The molecule has 2 aromatic heterocycles. The van der Waals surface area contributed by atoms with E-state index in [0.29, 0.717) is 12.1 Å². The third kappa shape index (κ3) is 4.52. The van der Waals surface area contributed by atoms with Crippen LogP contribution in [0.4, 0.5) is 4.39 Å². The van der Waals surface area contributed by atoms with Crippen molar-refractivity contribution in [3.05, 3.63) is 108 Å². The predicted molar refractivity (Wildman–Crippen MR) is 110 cm³/mol. The van der Waals surface area contributed by atoms with Crippen LogP contribution in [0.1, 0.15) is 15.9 Å². The van der Waals surface area contributed by atoms with E-state index in [1.807, 2.05) is 36.4 Å². The zero-order chi connectivity index (χ0) is 20.1. The fourth-order valence-electron chi connectivity index (χ4n) is 2.95. The molecular weight excluding hydrogens is 365 g/mol. The molecule has 0 fully saturated rings. The maximum atomic E-state index is 13.0. The van der Waals surface area contributed by atoms with E-state index in [1.54, 1.807) is 42.9 Å². The van der Waals surface area contributed by atoms with Gasteiger partial charge in [0.2, 0.25) is 0 Å². The third-order valence-electron chi connectivity index (χ3n) is 4.56. The van der Waals surface area contributed by atoms with Gasteiger partial charge < -0.3 is 5.32 Å². The number of amides is 1. The van der Waals surface area contributed by atoms with Crippen LogP contribution in [-0.4, -0.2) is 15.9 Å². The van der Waals surface area contributed by atoms with Crippen molar-refractivity contribution in [3.63, 3.8) is 0 Å². The van der Waals surface area contributed by atoms with E-state index < -0.39 is 0 Å². The summed E-state index contributed by atoms with van der Waals surface area (Å²) in [5.74, 6) is -0.431. The maximum absolute atomic E-state index is 13.0. The molecule has 4 nitrogen and oxygen atoms in total. The largest absolute Gasteiger partial charge is 0.348 e. The number of nitrogens with zero attached hydrogens (tertiary/aromatic N) is 2. The first-order chi connectivity index (χ1) is 14.2. The van der Waals surface area contributed by atoms with E-state index in [2.05, 4.69) is 15.3 Å². The Balaban J connectivity index is 1.37. The minimum Gasteiger partial charge on any atom is -0.348 e. The molecule has 4 aromatic rings. The van der Waals surface area contributed by atoms with Gasteiger partial charge in [-0.2, -0.15) is 0 Å². The second kappa shape index (κ2) is 8.44. The normalized spacial score (nSPS) is 10.5. The number of rotatable bonds is 5. The van der Waals surface area contributed by atoms with Gasteiger partial charge in [-0.25, -0.2) is 4.39 Å². The molecule has 4 rings (SSSR count). The minimum atomic E-state index is -0.271. The Bertz CT molecular complexity index is 1090. The van der Waals surface area contributed by atoms with Crippen LogP contribution in [0.5, 0.6) is 0 Å². The Hall–Kier alpha value is -3.86. The first-order valence-corrected chi connectivity index (χ1v) is 9.18. The molecule has 2 aromatic carbocycles. The van der Waals surface area contributed by atoms with Crippen molar-refractivity contribution in [2.75, 3.05) is 0 Å². The van der Waals surface area contributed by atoms with E-state index in [4.69, 9.17) is 0 Å². The number of nitrogens with one attached hydrogen (secondary N) is 1. The molecule has 0 saturated carbocycles. The molecule has 0 aliphatic rings. The van der Waals surface area contributed by atoms with Gasteiger partial charge in [0, 0.05) is 36.3 Å². The molecule has 0 aliphatic heterocycles. The number of pyridine rings is 2. The summed E-state index contributed by atoms with van der Waals surface area (Å²) in [5.41, 5.74) is 5.09. The van der Waals surface area contributed by atoms with Crippen molar-refractivity contribution >= 4 is 5.91 Å². The Morgan fingerprint density at radius 1 is 0.828 bits per heavy atom. The van der Waals surface area contributed by atoms with Crippen molar-refractivity contribution in [3.8, 4) is 22.4 Å². The smallest absolute Gasteiger partial charge is 0.251 e. The Kier molecular flexibility index (Phi) is 5.38. The minimum absolute atomic E-state index is 0.160. The number of carbonyl (C=O) groups excluding carboxylic acids is 1. The van der Waals surface area contributed by atoms with Gasteiger partial charge in [0.1, 0.15) is 5.82 Å². The lowest BCUT2D eigenvalue weighted by molar-refractivity contribution is 0.0951. The zero-order valence-electron chi connectivity index (χ0n) is 15.5. The molecule has 0 atom stereocenters. The van der Waals surface area contributed by atoms with Gasteiger partial charge in [-0.15, -0.1) is 0 Å². The fourth-order valence-corrected chi connectivity index (χ4v) is 2.95. The Labute approximate surface area is 168 Å². The lowest BCUT2D eigenvalue weighted by Crippen LogP contribution is -2.22. The van der Waals surface area contributed by atoms with Gasteiger partial charge in [0.15, 0.2) is 0 Å². The van der Waals surface area contributed by atoms with Gasteiger partial charge in [-0.3, -0.25) is 14.8 Å². The number of carbonyl (C=O) groups is 1. The first-order valence-electron chi connectivity index (χ1n) is 9.18. The summed E-state index contributed by atoms with van der Waals surface area (Å²) in [4.78, 5) is 20.9. The second-order valence-electron chi connectivity index (χ2n) is 6.56. The summed E-state index contributed by atoms with van der Waals surface area (Å²) in [5, 5.41) is 2.90. The average molecular weight is 383 g/mol. The van der Waals surface area contributed by atoms with Crippen LogP contribution in [0.3, 0.4) is 0 Å². The molecule has 0 saturated heterocycles. The van der Waals surface area contributed by atoms with Crippen molar-refractivity contribution in [2.45, 2.75) is 6.54 Å². The topological polar surface area (TPSA) is 54.9 Å². The summed E-state index contributed by atoms with van der Waals surface area (Å²) < 4.78 is 13.0. The lowest BCUT2D eigenvalue weighted by atomic mass is 10.0. The highest BCUT2D eigenvalue weighted by Crippen LogP contribution is 2.20. The van der Waals surface area contributed by atoms with Crippen molar-refractivity contribution in [2.24, 2.45) is 0 Å². The summed E-state index contributed by atoms with van der Waals surface area (Å²) in [6, 6.07) is 21.2. The SMILES string of the molecule is O=C(NCc1ccc(-c2cccnc2)nc1)c1ccc(-c2ccc(F)cc2)cc1. The Morgan fingerprint density at radius 3 is 2.17 bits per heavy atom. The number of aromatic nitrogens is 2. The van der Waals surface area contributed by atoms with Crippen molar-refractivity contribution < 1.29 is 9.18 Å². The molecule has 0 unspecified atom stereocenters. The van der Waals surface area contributed by atoms with Crippen LogP contribution in [0, 0.1) is 5.82 Å². The number of halogens is 1. The highest BCUT2D eigenvalue weighted by Gasteiger charge is 2.07. The van der Waals surface area contributed by atoms with E-state index in [9.17, 15) is 9.18 Å². The molecular formula is C24H18FN3O. The Morgan fingerprint density at radius 2 is 1.55 bits per heavy atom. The molecule has 142 valence electrons. The summed E-state index contributed by atoms with van der Waals surface area (Å²) in [7, 11) is 0. The fraction of sp³-hybridized carbons (Fsp3) is 0.0417. The van der Waals surface area contributed by atoms with Gasteiger partial charge in [-0.1, -0.05) is 30.3 Å². The molecule has 0 aliphatic carbocycles. The summed E-state index contributed by atoms with van der Waals surface area (Å²) >= 11 is 0. The van der Waals surface area contributed by atoms with E-state index in [1.165, 1.54) is 12.1 Å². The van der Waals surface area contributed by atoms with Gasteiger partial charge in [0.05, 0.1) is 5.69 Å². The molecule has 2 heterocycles. The van der Waals surface area contributed by atoms with Crippen LogP contribution in [0.2, 0.25) is 0 Å². The van der Waals surface area contributed by atoms with Crippen LogP contribution in [-0.2, 0) is 6.54 Å². The van der Waals surface area contributed by atoms with Crippen molar-refractivity contribution in [1.82, 2.24) is 15.3 Å². The number of hydrogen-bond donors (Lipinski definition) is 1. The van der Waals surface area contributed by atoms with Gasteiger partial charge >= 0.3 is 0 Å². The molecule has 1 N–H and O–H groups in total. The maximum Gasteiger partial charge on any atom is 0.251 e. The summed E-state index contributed by atoms with van der Waals surface area (Å²) in [6.45, 7) is 0.388. The molecule has 29 heavy (non-hydrogen) atoms. The van der Waals surface area contributed by atoms with E-state index in [0.717, 1.165) is 27.9 Å². The predicted octanol–water partition coefficient (Wildman–Crippen LogP) is 4.88. The zero-order valence-corrected chi connectivity index (χ0v) is 15.5. The lowest BCUT2D eigenvalue weighted by Gasteiger charge is -2.07. The molecule has 5 heteroatoms. The van der Waals surface area contributed by atoms with E-state index >= 15 is 0 Å². The molecule has 1 amide bonds. The van der Waals surface area contributed by atoms with E-state index in [-0.39, 0.29) is 11.7 Å². The highest BCUT2D eigenvalue weighted by atomic mass is 19.1. The highest BCUT2D eigenvalue weighted by molar-refractivity contribution is 5.94. The van der Waals surface area contributed by atoms with Gasteiger partial charge in [-0.05, 0) is 59.2 Å². The first kappa shape index (κ1) is 18.5. The molecule has 0 bridgehead atoms. The quantitative estimate of drug-likeness (QED) is 0.534. The van der Waals surface area contributed by atoms with Crippen LogP contribution < -0.4 is 5.32 Å². The number of benzene rings is 2. The second-order valence-corrected chi connectivity index (χ2v) is 6.56. The number of hydrogen-bond acceptors (Lipinski definition) is 3.